The lowest BCUT2D eigenvalue weighted by Gasteiger charge is -2.41. The van der Waals surface area contributed by atoms with E-state index in [9.17, 15) is 9.18 Å². The van der Waals surface area contributed by atoms with Crippen LogP contribution in [0, 0.1) is 0 Å². The van der Waals surface area contributed by atoms with E-state index in [2.05, 4.69) is 19.8 Å². The van der Waals surface area contributed by atoms with Crippen LogP contribution in [0.4, 0.5) is 15.0 Å². The van der Waals surface area contributed by atoms with Gasteiger partial charge in [-0.2, -0.15) is 9.97 Å². The smallest absolute Gasteiger partial charge is 0.410 e. The van der Waals surface area contributed by atoms with Crippen molar-refractivity contribution in [2.45, 2.75) is 82.3 Å². The van der Waals surface area contributed by atoms with Gasteiger partial charge in [0.1, 0.15) is 29.4 Å². The molecule has 8 nitrogen and oxygen atoms in total. The third-order valence-corrected chi connectivity index (χ3v) is 7.50. The van der Waals surface area contributed by atoms with Gasteiger partial charge in [-0.25, -0.2) is 9.18 Å². The highest BCUT2D eigenvalue weighted by Crippen LogP contribution is 2.40. The van der Waals surface area contributed by atoms with E-state index in [-0.39, 0.29) is 29.7 Å². The van der Waals surface area contributed by atoms with E-state index >= 15 is 0 Å². The number of anilines is 1. The first kappa shape index (κ1) is 22.9. The number of ether oxygens (including phenoxy) is 2. The number of amides is 1. The van der Waals surface area contributed by atoms with E-state index in [1.165, 1.54) is 0 Å². The van der Waals surface area contributed by atoms with Gasteiger partial charge in [-0.15, -0.1) is 0 Å². The molecule has 1 aromatic rings. The summed E-state index contributed by atoms with van der Waals surface area (Å²) in [7, 11) is 0. The maximum Gasteiger partial charge on any atom is 0.410 e. The summed E-state index contributed by atoms with van der Waals surface area (Å²) in [6, 6.07) is 2.11. The molecule has 182 valence electrons. The van der Waals surface area contributed by atoms with E-state index in [4.69, 9.17) is 21.1 Å². The van der Waals surface area contributed by atoms with E-state index in [0.29, 0.717) is 43.6 Å². The second-order valence-corrected chi connectivity index (χ2v) is 11.3. The fourth-order valence-corrected chi connectivity index (χ4v) is 6.13. The fraction of sp³-hybridized carbons (Fsp3) is 0.783. The van der Waals surface area contributed by atoms with E-state index < -0.39 is 11.8 Å². The molecule has 0 unspecified atom stereocenters. The third-order valence-electron chi connectivity index (χ3n) is 7.30. The van der Waals surface area contributed by atoms with Crippen molar-refractivity contribution < 1.29 is 18.7 Å². The Bertz CT molecular complexity index is 901. The minimum Gasteiger partial charge on any atom is -0.461 e. The zero-order valence-corrected chi connectivity index (χ0v) is 20.4. The number of aromatic nitrogens is 2. The lowest BCUT2D eigenvalue weighted by atomic mass is 9.95. The number of nitrogens with zero attached hydrogens (tertiary/aromatic N) is 5. The van der Waals surface area contributed by atoms with E-state index in [0.717, 1.165) is 32.2 Å². The molecule has 33 heavy (non-hydrogen) atoms. The number of piperazine rings is 1. The third kappa shape index (κ3) is 4.58. The molecule has 0 radical (unpaired) electrons. The molecule has 0 N–H and O–H groups in total. The predicted octanol–water partition coefficient (Wildman–Crippen LogP) is 3.67. The lowest BCUT2D eigenvalue weighted by Crippen LogP contribution is -2.57. The summed E-state index contributed by atoms with van der Waals surface area (Å²) >= 11 is 6.32. The van der Waals surface area contributed by atoms with Gasteiger partial charge in [0.15, 0.2) is 0 Å². The van der Waals surface area contributed by atoms with Gasteiger partial charge in [-0.1, -0.05) is 11.6 Å². The van der Waals surface area contributed by atoms with Crippen molar-refractivity contribution in [1.29, 1.82) is 0 Å². The molecule has 10 heteroatoms. The average molecular weight is 482 g/mol. The minimum absolute atomic E-state index is 0.0719. The van der Waals surface area contributed by atoms with Crippen LogP contribution < -0.4 is 9.64 Å². The highest BCUT2D eigenvalue weighted by Gasteiger charge is 2.49. The number of hydrogen-bond donors (Lipinski definition) is 0. The second-order valence-electron chi connectivity index (χ2n) is 10.9. The summed E-state index contributed by atoms with van der Waals surface area (Å²) in [6.07, 6.45) is 3.30. The van der Waals surface area contributed by atoms with Crippen LogP contribution >= 0.6 is 11.6 Å². The van der Waals surface area contributed by atoms with Gasteiger partial charge in [0, 0.05) is 32.1 Å². The summed E-state index contributed by atoms with van der Waals surface area (Å²) in [4.78, 5) is 27.9. The highest BCUT2D eigenvalue weighted by molar-refractivity contribution is 6.29. The molecule has 4 atom stereocenters. The zero-order chi connectivity index (χ0) is 23.4. The number of carbonyl (C=O) groups is 1. The van der Waals surface area contributed by atoms with Crippen LogP contribution in [0.15, 0.2) is 6.07 Å². The molecule has 4 aliphatic rings. The minimum atomic E-state index is -0.804. The molecule has 0 aromatic carbocycles. The normalized spacial score (nSPS) is 31.7. The van der Waals surface area contributed by atoms with Gasteiger partial charge >= 0.3 is 12.1 Å². The van der Waals surface area contributed by atoms with Crippen LogP contribution in [0.2, 0.25) is 5.15 Å². The SMILES string of the molecule is CC(C)(C)OC(=O)N1[C@@H]2CC[C@H]1CN(c1cc(Cl)nc(OC[C@@]34CCCN3C[C@H](F)C4)n1)C2. The molecule has 4 saturated heterocycles. The van der Waals surface area contributed by atoms with Crippen molar-refractivity contribution in [3.05, 3.63) is 11.2 Å². The van der Waals surface area contributed by atoms with Crippen LogP contribution in [0.5, 0.6) is 6.01 Å². The lowest BCUT2D eigenvalue weighted by molar-refractivity contribution is 0.0122. The molecule has 4 fully saturated rings. The van der Waals surface area contributed by atoms with Crippen molar-refractivity contribution in [1.82, 2.24) is 19.8 Å². The molecule has 4 aliphatic heterocycles. The summed E-state index contributed by atoms with van der Waals surface area (Å²) in [5, 5.41) is 0.312. The maximum absolute atomic E-state index is 14.1. The van der Waals surface area contributed by atoms with Gasteiger partial charge in [0.2, 0.25) is 0 Å². The molecule has 5 heterocycles. The van der Waals surface area contributed by atoms with Gasteiger partial charge in [0.25, 0.3) is 0 Å². The monoisotopic (exact) mass is 481 g/mol. The van der Waals surface area contributed by atoms with Gasteiger partial charge in [0.05, 0.1) is 17.6 Å². The number of hydrogen-bond acceptors (Lipinski definition) is 7. The first-order valence-electron chi connectivity index (χ1n) is 11.9. The second kappa shape index (κ2) is 8.41. The van der Waals surface area contributed by atoms with Gasteiger partial charge in [-0.05, 0) is 53.0 Å². The van der Waals surface area contributed by atoms with Crippen molar-refractivity contribution in [2.75, 3.05) is 37.7 Å². The van der Waals surface area contributed by atoms with Crippen LogP contribution in [0.3, 0.4) is 0 Å². The summed E-state index contributed by atoms with van der Waals surface area (Å²) in [5.41, 5.74) is -0.778. The van der Waals surface area contributed by atoms with Crippen molar-refractivity contribution in [3.63, 3.8) is 0 Å². The Hall–Kier alpha value is -1.87. The Labute approximate surface area is 199 Å². The summed E-state index contributed by atoms with van der Waals surface area (Å²) < 4.78 is 25.7. The van der Waals surface area contributed by atoms with Crippen LogP contribution in [0.25, 0.3) is 0 Å². The molecule has 0 spiro atoms. The quantitative estimate of drug-likeness (QED) is 0.607. The Morgan fingerprint density at radius 2 is 1.97 bits per heavy atom. The maximum atomic E-state index is 14.1. The number of halogens is 2. The molecule has 5 rings (SSSR count). The molecule has 0 aliphatic carbocycles. The molecule has 1 aromatic heterocycles. The number of alkyl halides is 1. The predicted molar refractivity (Wildman–Crippen MR) is 123 cm³/mol. The molecular formula is C23H33ClFN5O3. The van der Waals surface area contributed by atoms with E-state index in [1.54, 1.807) is 6.07 Å². The van der Waals surface area contributed by atoms with Gasteiger partial charge in [-0.3, -0.25) is 9.80 Å². The Morgan fingerprint density at radius 1 is 1.24 bits per heavy atom. The standard InChI is InChI=1S/C23H33ClFN5O3/c1-22(2,3)33-21(31)30-16-5-6-17(30)13-28(12-16)19-9-18(24)26-20(27-19)32-14-23-7-4-8-29(23)11-15(25)10-23/h9,15-17H,4-8,10-14H2,1-3H3/t15-,16-,17+,23+/m1/s1. The molecular weight excluding hydrogens is 449 g/mol. The number of rotatable bonds is 4. The number of carbonyl (C=O) groups excluding carboxylic acids is 1. The van der Waals surface area contributed by atoms with Crippen molar-refractivity contribution >= 4 is 23.5 Å². The Kier molecular flexibility index (Phi) is 5.84. The fourth-order valence-electron chi connectivity index (χ4n) is 5.96. The average Bonchev–Trinajstić information content (AvgIpc) is 3.32. The molecule has 0 saturated carbocycles. The summed E-state index contributed by atoms with van der Waals surface area (Å²) in [6.45, 7) is 8.73. The highest BCUT2D eigenvalue weighted by atomic mass is 35.5. The van der Waals surface area contributed by atoms with Gasteiger partial charge < -0.3 is 14.4 Å². The number of fused-ring (bicyclic) bond motifs is 3. The topological polar surface area (TPSA) is 71.0 Å². The van der Waals surface area contributed by atoms with Crippen LogP contribution in [0.1, 0.15) is 52.9 Å². The first-order valence-corrected chi connectivity index (χ1v) is 12.3. The van der Waals surface area contributed by atoms with Crippen LogP contribution in [-0.4, -0.2) is 88.0 Å². The Morgan fingerprint density at radius 3 is 2.67 bits per heavy atom. The van der Waals surface area contributed by atoms with E-state index in [1.807, 2.05) is 25.7 Å². The van der Waals surface area contributed by atoms with Crippen molar-refractivity contribution in [2.24, 2.45) is 0 Å². The molecule has 2 bridgehead atoms. The van der Waals surface area contributed by atoms with Crippen LogP contribution in [-0.2, 0) is 4.74 Å². The van der Waals surface area contributed by atoms with Crippen molar-refractivity contribution in [3.8, 4) is 6.01 Å². The molecule has 1 amide bonds. The largest absolute Gasteiger partial charge is 0.461 e. The Balaban J connectivity index is 1.27. The zero-order valence-electron chi connectivity index (χ0n) is 19.6. The summed E-state index contributed by atoms with van der Waals surface area (Å²) in [5.74, 6) is 0.696. The first-order chi connectivity index (χ1) is 15.6.